The minimum absolute atomic E-state index is 0.203. The molecule has 0 fully saturated rings. The number of hydrogen-bond donors (Lipinski definition) is 0. The molecule has 0 unspecified atom stereocenters. The molecule has 0 aliphatic carbocycles. The summed E-state index contributed by atoms with van der Waals surface area (Å²) in [5.74, 6) is -0.635. The van der Waals surface area contributed by atoms with Gasteiger partial charge in [-0.3, -0.25) is 18.7 Å². The highest BCUT2D eigenvalue weighted by atomic mass is 16.5. The molecule has 1 aromatic heterocycles. The summed E-state index contributed by atoms with van der Waals surface area (Å²) in [6.45, 7) is -0.335. The van der Waals surface area contributed by atoms with Crippen molar-refractivity contribution in [2.24, 2.45) is 7.05 Å². The van der Waals surface area contributed by atoms with Gasteiger partial charge >= 0.3 is 11.7 Å². The fourth-order valence-electron chi connectivity index (χ4n) is 1.12. The Morgan fingerprint density at radius 1 is 1.56 bits per heavy atom. The number of aromatic nitrogens is 2. The SMILES string of the molecule is COC(=O)Cn1cc(C#N)c(=O)n(C)c1=O. The van der Waals surface area contributed by atoms with Crippen molar-refractivity contribution in [1.82, 2.24) is 9.13 Å². The number of carbonyl (C=O) groups excluding carboxylic acids is 1. The van der Waals surface area contributed by atoms with Crippen LogP contribution < -0.4 is 11.2 Å². The van der Waals surface area contributed by atoms with Gasteiger partial charge in [0.15, 0.2) is 0 Å². The zero-order chi connectivity index (χ0) is 12.3. The van der Waals surface area contributed by atoms with Gasteiger partial charge in [-0.2, -0.15) is 5.26 Å². The first kappa shape index (κ1) is 11.7. The van der Waals surface area contributed by atoms with E-state index in [0.717, 1.165) is 15.3 Å². The zero-order valence-electron chi connectivity index (χ0n) is 8.76. The van der Waals surface area contributed by atoms with Gasteiger partial charge in [0.2, 0.25) is 0 Å². The molecule has 0 aromatic carbocycles. The number of nitrogens with zero attached hydrogens (tertiary/aromatic N) is 3. The van der Waals surface area contributed by atoms with Crippen LogP contribution in [0.1, 0.15) is 5.56 Å². The molecule has 1 aromatic rings. The Bertz CT molecular complexity index is 576. The van der Waals surface area contributed by atoms with Gasteiger partial charge in [-0.05, 0) is 0 Å². The molecule has 84 valence electrons. The lowest BCUT2D eigenvalue weighted by molar-refractivity contribution is -0.141. The largest absolute Gasteiger partial charge is 0.468 e. The minimum atomic E-state index is -0.686. The molecule has 0 amide bonds. The number of rotatable bonds is 2. The van der Waals surface area contributed by atoms with E-state index in [1.807, 2.05) is 0 Å². The molecule has 0 aliphatic rings. The molecule has 0 saturated carbocycles. The third-order valence-corrected chi connectivity index (χ3v) is 2.00. The smallest absolute Gasteiger partial charge is 0.331 e. The molecule has 0 radical (unpaired) electrons. The standard InChI is InChI=1S/C9H9N3O4/c1-11-8(14)6(3-10)4-12(9(11)15)5-7(13)16-2/h4H,5H2,1-2H3. The fraction of sp³-hybridized carbons (Fsp3) is 0.333. The molecule has 0 atom stereocenters. The van der Waals surface area contributed by atoms with Crippen LogP contribution in [0.4, 0.5) is 0 Å². The van der Waals surface area contributed by atoms with Crippen molar-refractivity contribution in [3.05, 3.63) is 32.6 Å². The van der Waals surface area contributed by atoms with Crippen molar-refractivity contribution in [1.29, 1.82) is 5.26 Å². The number of carbonyl (C=O) groups is 1. The van der Waals surface area contributed by atoms with Crippen LogP contribution in [0.2, 0.25) is 0 Å². The molecule has 16 heavy (non-hydrogen) atoms. The summed E-state index contributed by atoms with van der Waals surface area (Å²) >= 11 is 0. The molecule has 0 N–H and O–H groups in total. The Morgan fingerprint density at radius 3 is 2.69 bits per heavy atom. The highest BCUT2D eigenvalue weighted by Crippen LogP contribution is 1.87. The number of ether oxygens (including phenoxy) is 1. The third-order valence-electron chi connectivity index (χ3n) is 2.00. The summed E-state index contributed by atoms with van der Waals surface area (Å²) in [6.07, 6.45) is 1.04. The maximum absolute atomic E-state index is 11.5. The van der Waals surface area contributed by atoms with E-state index in [9.17, 15) is 14.4 Å². The van der Waals surface area contributed by atoms with E-state index in [1.54, 1.807) is 6.07 Å². The van der Waals surface area contributed by atoms with Crippen LogP contribution in [0.5, 0.6) is 0 Å². The molecule has 1 heterocycles. The van der Waals surface area contributed by atoms with Crippen molar-refractivity contribution in [2.45, 2.75) is 6.54 Å². The van der Waals surface area contributed by atoms with E-state index >= 15 is 0 Å². The summed E-state index contributed by atoms with van der Waals surface area (Å²) in [4.78, 5) is 33.8. The van der Waals surface area contributed by atoms with Gasteiger partial charge < -0.3 is 4.74 Å². The third kappa shape index (κ3) is 2.00. The van der Waals surface area contributed by atoms with Gasteiger partial charge in [0.05, 0.1) is 7.11 Å². The van der Waals surface area contributed by atoms with Crippen molar-refractivity contribution in [3.8, 4) is 6.07 Å². The van der Waals surface area contributed by atoms with Gasteiger partial charge in [0.25, 0.3) is 5.56 Å². The fourth-order valence-corrected chi connectivity index (χ4v) is 1.12. The van der Waals surface area contributed by atoms with Crippen LogP contribution in [0.15, 0.2) is 15.8 Å². The molecular weight excluding hydrogens is 214 g/mol. The van der Waals surface area contributed by atoms with Crippen molar-refractivity contribution >= 4 is 5.97 Å². The predicted octanol–water partition coefficient (Wildman–Crippen LogP) is -1.41. The van der Waals surface area contributed by atoms with E-state index in [1.165, 1.54) is 14.2 Å². The second-order valence-electron chi connectivity index (χ2n) is 3.01. The summed E-state index contributed by atoms with van der Waals surface area (Å²) in [5.41, 5.74) is -1.56. The molecule has 0 aliphatic heterocycles. The van der Waals surface area contributed by atoms with Crippen LogP contribution in [-0.4, -0.2) is 22.2 Å². The van der Waals surface area contributed by atoms with Crippen LogP contribution in [0.3, 0.4) is 0 Å². The number of esters is 1. The Kier molecular flexibility index (Phi) is 3.25. The molecule has 7 nitrogen and oxygen atoms in total. The average Bonchev–Trinajstić information content (AvgIpc) is 2.29. The van der Waals surface area contributed by atoms with Crippen LogP contribution in [0.25, 0.3) is 0 Å². The van der Waals surface area contributed by atoms with Crippen LogP contribution >= 0.6 is 0 Å². The van der Waals surface area contributed by atoms with Crippen molar-refractivity contribution in [3.63, 3.8) is 0 Å². The molecule has 7 heteroatoms. The monoisotopic (exact) mass is 223 g/mol. The molecule has 0 bridgehead atoms. The topological polar surface area (TPSA) is 94.1 Å². The lowest BCUT2D eigenvalue weighted by atomic mass is 10.3. The van der Waals surface area contributed by atoms with E-state index in [-0.39, 0.29) is 12.1 Å². The molecule has 0 spiro atoms. The van der Waals surface area contributed by atoms with Crippen LogP contribution in [-0.2, 0) is 23.1 Å². The molecule has 0 saturated heterocycles. The molecule has 1 rings (SSSR count). The highest BCUT2D eigenvalue weighted by molar-refractivity contribution is 5.68. The van der Waals surface area contributed by atoms with Gasteiger partial charge in [-0.25, -0.2) is 4.79 Å². The normalized spacial score (nSPS) is 9.56. The van der Waals surface area contributed by atoms with E-state index in [0.29, 0.717) is 0 Å². The van der Waals surface area contributed by atoms with Gasteiger partial charge in [-0.15, -0.1) is 0 Å². The maximum Gasteiger partial charge on any atom is 0.331 e. The summed E-state index contributed by atoms with van der Waals surface area (Å²) in [5, 5.41) is 8.65. The molecular formula is C9H9N3O4. The number of methoxy groups -OCH3 is 1. The number of hydrogen-bond acceptors (Lipinski definition) is 5. The zero-order valence-corrected chi connectivity index (χ0v) is 8.76. The second kappa shape index (κ2) is 4.44. The Labute approximate surface area is 90.1 Å². The summed E-state index contributed by atoms with van der Waals surface area (Å²) in [7, 11) is 2.42. The van der Waals surface area contributed by atoms with Gasteiger partial charge in [0, 0.05) is 13.2 Å². The lowest BCUT2D eigenvalue weighted by Crippen LogP contribution is -2.40. The first-order valence-electron chi connectivity index (χ1n) is 4.28. The summed E-state index contributed by atoms with van der Waals surface area (Å²) in [6, 6.07) is 1.65. The van der Waals surface area contributed by atoms with E-state index in [2.05, 4.69) is 4.74 Å². The lowest BCUT2D eigenvalue weighted by Gasteiger charge is -2.06. The second-order valence-corrected chi connectivity index (χ2v) is 3.01. The first-order valence-corrected chi connectivity index (χ1v) is 4.28. The van der Waals surface area contributed by atoms with E-state index < -0.39 is 17.2 Å². The van der Waals surface area contributed by atoms with Gasteiger partial charge in [0.1, 0.15) is 18.2 Å². The number of nitriles is 1. The van der Waals surface area contributed by atoms with Crippen LogP contribution in [0, 0.1) is 11.3 Å². The van der Waals surface area contributed by atoms with Crippen molar-refractivity contribution in [2.75, 3.05) is 7.11 Å². The Balaban J connectivity index is 3.38. The maximum atomic E-state index is 11.5. The van der Waals surface area contributed by atoms with Crippen molar-refractivity contribution < 1.29 is 9.53 Å². The van der Waals surface area contributed by atoms with Gasteiger partial charge in [-0.1, -0.05) is 0 Å². The predicted molar refractivity (Wildman–Crippen MR) is 52.7 cm³/mol. The Hall–Kier alpha value is -2.36. The quantitative estimate of drug-likeness (QED) is 0.574. The van der Waals surface area contributed by atoms with E-state index in [4.69, 9.17) is 5.26 Å². The average molecular weight is 223 g/mol. The summed E-state index contributed by atoms with van der Waals surface area (Å²) < 4.78 is 6.10. The minimum Gasteiger partial charge on any atom is -0.468 e. The Morgan fingerprint density at radius 2 is 2.19 bits per heavy atom. The highest BCUT2D eigenvalue weighted by Gasteiger charge is 2.10. The first-order chi connectivity index (χ1) is 7.51.